The van der Waals surface area contributed by atoms with Gasteiger partial charge in [0.1, 0.15) is 11.5 Å². The third-order valence-corrected chi connectivity index (χ3v) is 3.80. The van der Waals surface area contributed by atoms with Crippen LogP contribution in [0, 0.1) is 0 Å². The monoisotopic (exact) mass is 350 g/mol. The molecule has 0 amide bonds. The molecular formula is C17H22N2O4S. The molecule has 1 aromatic rings. The zero-order valence-electron chi connectivity index (χ0n) is 14.4. The van der Waals surface area contributed by atoms with E-state index in [-0.39, 0.29) is 6.10 Å². The Morgan fingerprint density at radius 1 is 1.25 bits per heavy atom. The van der Waals surface area contributed by atoms with E-state index in [1.165, 1.54) is 0 Å². The smallest absolute Gasteiger partial charge is 0.338 e. The summed E-state index contributed by atoms with van der Waals surface area (Å²) < 4.78 is 16.1. The lowest BCUT2D eigenvalue weighted by Crippen LogP contribution is -2.45. The quantitative estimate of drug-likeness (QED) is 0.624. The van der Waals surface area contributed by atoms with Crippen molar-refractivity contribution < 1.29 is 19.0 Å². The molecule has 24 heavy (non-hydrogen) atoms. The maximum Gasteiger partial charge on any atom is 0.338 e. The fraction of sp³-hybridized carbons (Fsp3) is 0.412. The van der Waals surface area contributed by atoms with Crippen molar-refractivity contribution in [1.29, 1.82) is 0 Å². The average Bonchev–Trinajstić information content (AvgIpc) is 2.52. The van der Waals surface area contributed by atoms with Crippen LogP contribution in [0.25, 0.3) is 0 Å². The molecule has 7 heteroatoms. The van der Waals surface area contributed by atoms with E-state index in [2.05, 4.69) is 10.6 Å². The van der Waals surface area contributed by atoms with Crippen molar-refractivity contribution in [1.82, 2.24) is 10.6 Å². The molecule has 0 saturated heterocycles. The van der Waals surface area contributed by atoms with Crippen LogP contribution in [0.3, 0.4) is 0 Å². The number of hydrogen-bond acceptors (Lipinski definition) is 5. The van der Waals surface area contributed by atoms with Gasteiger partial charge in [0.25, 0.3) is 0 Å². The van der Waals surface area contributed by atoms with Crippen LogP contribution >= 0.6 is 12.2 Å². The zero-order chi connectivity index (χ0) is 17.9. The zero-order valence-corrected chi connectivity index (χ0v) is 15.2. The molecule has 0 aliphatic carbocycles. The molecule has 1 atom stereocenters. The van der Waals surface area contributed by atoms with Crippen LogP contribution in [0.2, 0.25) is 0 Å². The van der Waals surface area contributed by atoms with Crippen molar-refractivity contribution in [3.8, 4) is 11.5 Å². The van der Waals surface area contributed by atoms with E-state index >= 15 is 0 Å². The van der Waals surface area contributed by atoms with Crippen molar-refractivity contribution in [3.05, 3.63) is 35.0 Å². The van der Waals surface area contributed by atoms with Crippen molar-refractivity contribution in [3.63, 3.8) is 0 Å². The second-order valence-electron chi connectivity index (χ2n) is 5.63. The molecule has 1 heterocycles. The Morgan fingerprint density at radius 2 is 1.96 bits per heavy atom. The van der Waals surface area contributed by atoms with Crippen molar-refractivity contribution in [2.24, 2.45) is 0 Å². The van der Waals surface area contributed by atoms with Gasteiger partial charge in [-0.25, -0.2) is 4.79 Å². The van der Waals surface area contributed by atoms with Gasteiger partial charge < -0.3 is 24.8 Å². The molecule has 1 aliphatic heterocycles. The molecule has 6 nitrogen and oxygen atoms in total. The maximum absolute atomic E-state index is 12.6. The summed E-state index contributed by atoms with van der Waals surface area (Å²) >= 11 is 5.24. The van der Waals surface area contributed by atoms with Crippen LogP contribution in [-0.2, 0) is 9.53 Å². The van der Waals surface area contributed by atoms with Gasteiger partial charge in [-0.1, -0.05) is 0 Å². The number of ether oxygens (including phenoxy) is 3. The summed E-state index contributed by atoms with van der Waals surface area (Å²) in [5.41, 5.74) is 1.91. The second-order valence-corrected chi connectivity index (χ2v) is 6.04. The van der Waals surface area contributed by atoms with E-state index in [1.807, 2.05) is 26.0 Å². The molecule has 0 spiro atoms. The fourth-order valence-electron chi connectivity index (χ4n) is 2.53. The van der Waals surface area contributed by atoms with Crippen LogP contribution in [0.5, 0.6) is 11.5 Å². The highest BCUT2D eigenvalue weighted by molar-refractivity contribution is 7.80. The van der Waals surface area contributed by atoms with E-state index in [1.54, 1.807) is 27.2 Å². The van der Waals surface area contributed by atoms with Gasteiger partial charge in [-0.3, -0.25) is 0 Å². The maximum atomic E-state index is 12.6. The van der Waals surface area contributed by atoms with Crippen LogP contribution in [-0.4, -0.2) is 31.4 Å². The van der Waals surface area contributed by atoms with Gasteiger partial charge >= 0.3 is 5.97 Å². The van der Waals surface area contributed by atoms with Crippen LogP contribution in [0.4, 0.5) is 0 Å². The first-order valence-corrected chi connectivity index (χ1v) is 7.99. The van der Waals surface area contributed by atoms with E-state index in [9.17, 15) is 4.79 Å². The molecule has 0 aromatic heterocycles. The Bertz CT molecular complexity index is 685. The van der Waals surface area contributed by atoms with Crippen molar-refractivity contribution in [2.45, 2.75) is 32.9 Å². The van der Waals surface area contributed by atoms with E-state index in [4.69, 9.17) is 26.4 Å². The molecule has 0 fully saturated rings. The minimum Gasteiger partial charge on any atom is -0.497 e. The SMILES string of the molecule is COc1ccc(C2NC(=S)NC(C)=C2C(=O)OC(C)C)c(OC)c1. The third-order valence-electron chi connectivity index (χ3n) is 3.58. The fourth-order valence-corrected chi connectivity index (χ4v) is 2.80. The predicted octanol–water partition coefficient (Wildman–Crippen LogP) is 2.45. The lowest BCUT2D eigenvalue weighted by molar-refractivity contribution is -0.143. The van der Waals surface area contributed by atoms with Crippen molar-refractivity contribution >= 4 is 23.3 Å². The Hall–Kier alpha value is -2.28. The summed E-state index contributed by atoms with van der Waals surface area (Å²) in [6.45, 7) is 5.42. The van der Waals surface area contributed by atoms with E-state index in [0.29, 0.717) is 27.9 Å². The lowest BCUT2D eigenvalue weighted by atomic mass is 9.94. The lowest BCUT2D eigenvalue weighted by Gasteiger charge is -2.31. The van der Waals surface area contributed by atoms with Gasteiger partial charge in [0, 0.05) is 17.3 Å². The van der Waals surface area contributed by atoms with E-state index in [0.717, 1.165) is 5.56 Å². The van der Waals surface area contributed by atoms with Crippen LogP contribution in [0.1, 0.15) is 32.4 Å². The topological polar surface area (TPSA) is 68.8 Å². The number of allylic oxidation sites excluding steroid dienone is 1. The third kappa shape index (κ3) is 3.79. The molecule has 2 rings (SSSR count). The number of thiocarbonyl (C=S) groups is 1. The predicted molar refractivity (Wildman–Crippen MR) is 95.1 cm³/mol. The van der Waals surface area contributed by atoms with Gasteiger partial charge in [-0.2, -0.15) is 0 Å². The number of esters is 1. The molecule has 0 saturated carbocycles. The number of methoxy groups -OCH3 is 2. The Balaban J connectivity index is 2.51. The Morgan fingerprint density at radius 3 is 2.54 bits per heavy atom. The van der Waals surface area contributed by atoms with Crippen LogP contribution in [0.15, 0.2) is 29.5 Å². The summed E-state index contributed by atoms with van der Waals surface area (Å²) in [4.78, 5) is 12.6. The highest BCUT2D eigenvalue weighted by atomic mass is 32.1. The van der Waals surface area contributed by atoms with Gasteiger partial charge in [0.15, 0.2) is 5.11 Å². The molecule has 2 N–H and O–H groups in total. The standard InChI is InChI=1S/C17H22N2O4S/c1-9(2)23-16(20)14-10(3)18-17(24)19-15(14)12-7-6-11(21-4)8-13(12)22-5/h6-9,15H,1-5H3,(H2,18,19,24). The minimum absolute atomic E-state index is 0.218. The summed E-state index contributed by atoms with van der Waals surface area (Å²) in [5.74, 6) is 0.867. The Kier molecular flexibility index (Phi) is 5.66. The molecule has 0 bridgehead atoms. The van der Waals surface area contributed by atoms with Crippen molar-refractivity contribution in [2.75, 3.05) is 14.2 Å². The molecular weight excluding hydrogens is 328 g/mol. The highest BCUT2D eigenvalue weighted by Crippen LogP contribution is 2.35. The van der Waals surface area contributed by atoms with Gasteiger partial charge in [0.05, 0.1) is 31.9 Å². The first-order chi connectivity index (χ1) is 11.4. The summed E-state index contributed by atoms with van der Waals surface area (Å²) in [6, 6.07) is 4.96. The average molecular weight is 350 g/mol. The molecule has 1 aromatic carbocycles. The minimum atomic E-state index is -0.467. The molecule has 130 valence electrons. The summed E-state index contributed by atoms with van der Waals surface area (Å²) in [6.07, 6.45) is -0.218. The molecule has 1 aliphatic rings. The number of rotatable bonds is 5. The van der Waals surface area contributed by atoms with Gasteiger partial charge in [-0.05, 0) is 45.1 Å². The largest absolute Gasteiger partial charge is 0.497 e. The Labute approximate surface area is 147 Å². The van der Waals surface area contributed by atoms with Gasteiger partial charge in [-0.15, -0.1) is 0 Å². The molecule has 0 radical (unpaired) electrons. The van der Waals surface area contributed by atoms with Gasteiger partial charge in [0.2, 0.25) is 0 Å². The van der Waals surface area contributed by atoms with Crippen LogP contribution < -0.4 is 20.1 Å². The number of benzene rings is 1. The van der Waals surface area contributed by atoms with E-state index < -0.39 is 12.0 Å². The second kappa shape index (κ2) is 7.53. The number of carbonyl (C=O) groups is 1. The number of carbonyl (C=O) groups excluding carboxylic acids is 1. The number of hydrogen-bond donors (Lipinski definition) is 2. The summed E-state index contributed by atoms with van der Waals surface area (Å²) in [5, 5.41) is 6.54. The number of nitrogens with one attached hydrogen (secondary N) is 2. The normalized spacial score (nSPS) is 17.2. The first kappa shape index (κ1) is 18.1. The molecule has 1 unspecified atom stereocenters. The highest BCUT2D eigenvalue weighted by Gasteiger charge is 2.33. The summed E-state index contributed by atoms with van der Waals surface area (Å²) in [7, 11) is 3.15. The first-order valence-electron chi connectivity index (χ1n) is 7.58.